The van der Waals surface area contributed by atoms with Crippen LogP contribution in [0.5, 0.6) is 0 Å². The highest BCUT2D eigenvalue weighted by molar-refractivity contribution is 6.47. The summed E-state index contributed by atoms with van der Waals surface area (Å²) in [5, 5.41) is 2.44. The maximum Gasteiger partial charge on any atom is 0.261 e. The van der Waals surface area contributed by atoms with Crippen LogP contribution in [0.2, 0.25) is 0 Å². The molecule has 1 unspecified atom stereocenters. The lowest BCUT2D eigenvalue weighted by atomic mass is 9.94. The van der Waals surface area contributed by atoms with Gasteiger partial charge in [-0.3, -0.25) is 34.0 Å². The van der Waals surface area contributed by atoms with E-state index >= 15 is 0 Å². The summed E-state index contributed by atoms with van der Waals surface area (Å²) >= 11 is 0. The van der Waals surface area contributed by atoms with Crippen LogP contribution in [0.25, 0.3) is 11.2 Å². The number of hydrogen-bond donors (Lipinski definition) is 1. The molecule has 0 saturated heterocycles. The second-order valence-electron chi connectivity index (χ2n) is 9.07. The first-order valence-electron chi connectivity index (χ1n) is 12.1. The minimum absolute atomic E-state index is 0.127. The van der Waals surface area contributed by atoms with Crippen LogP contribution < -0.4 is 10.2 Å². The summed E-state index contributed by atoms with van der Waals surface area (Å²) in [7, 11) is 0. The van der Waals surface area contributed by atoms with Crippen molar-refractivity contribution in [1.82, 2.24) is 19.6 Å². The molecule has 7 rings (SSSR count). The number of benzene rings is 1. The zero-order chi connectivity index (χ0) is 25.8. The van der Waals surface area contributed by atoms with Crippen LogP contribution in [-0.2, 0) is 25.5 Å². The molecule has 0 spiro atoms. The summed E-state index contributed by atoms with van der Waals surface area (Å²) in [6, 6.07) is 10.7. The SMILES string of the molecule is O=C1NC(=O)C(c2cnc3ccccn23)=C1C1=NC=CN2c3c(cccc31)CC2C(=O)N1C=CCOC=C1. The number of para-hydroxylation sites is 1. The Labute approximate surface area is 216 Å². The van der Waals surface area contributed by atoms with E-state index in [-0.39, 0.29) is 17.1 Å². The van der Waals surface area contributed by atoms with E-state index in [1.165, 1.54) is 11.2 Å². The highest BCUT2D eigenvalue weighted by Crippen LogP contribution is 2.40. The lowest BCUT2D eigenvalue weighted by Crippen LogP contribution is -2.41. The van der Waals surface area contributed by atoms with Crippen molar-refractivity contribution in [3.05, 3.63) is 108 Å². The number of pyridine rings is 1. The Morgan fingerprint density at radius 1 is 1.03 bits per heavy atom. The summed E-state index contributed by atoms with van der Waals surface area (Å²) in [5.41, 5.74) is 4.28. The first kappa shape index (κ1) is 22.0. The molecule has 10 nitrogen and oxygen atoms in total. The number of nitrogens with one attached hydrogen (secondary N) is 1. The number of ether oxygens (including phenoxy) is 1. The largest absolute Gasteiger partial charge is 0.496 e. The van der Waals surface area contributed by atoms with Crippen molar-refractivity contribution in [2.24, 2.45) is 4.99 Å². The van der Waals surface area contributed by atoms with Gasteiger partial charge in [-0.1, -0.05) is 24.3 Å². The van der Waals surface area contributed by atoms with Gasteiger partial charge in [0, 0.05) is 43.0 Å². The fourth-order valence-electron chi connectivity index (χ4n) is 5.34. The van der Waals surface area contributed by atoms with Crippen molar-refractivity contribution >= 4 is 40.3 Å². The molecule has 0 fully saturated rings. The lowest BCUT2D eigenvalue weighted by molar-refractivity contribution is -0.127. The van der Waals surface area contributed by atoms with Gasteiger partial charge < -0.3 is 9.64 Å². The van der Waals surface area contributed by atoms with Gasteiger partial charge in [0.25, 0.3) is 17.7 Å². The molecule has 1 atom stereocenters. The van der Waals surface area contributed by atoms with Gasteiger partial charge in [-0.05, 0) is 23.8 Å². The first-order chi connectivity index (χ1) is 18.6. The van der Waals surface area contributed by atoms with E-state index in [4.69, 9.17) is 4.74 Å². The molecule has 10 heteroatoms. The normalized spacial score (nSPS) is 19.9. The van der Waals surface area contributed by atoms with E-state index in [2.05, 4.69) is 15.3 Å². The molecule has 0 saturated carbocycles. The summed E-state index contributed by atoms with van der Waals surface area (Å²) in [4.78, 5) is 52.3. The Morgan fingerprint density at radius 2 is 1.92 bits per heavy atom. The van der Waals surface area contributed by atoms with Crippen molar-refractivity contribution in [3.63, 3.8) is 0 Å². The van der Waals surface area contributed by atoms with Crippen LogP contribution in [0, 0.1) is 0 Å². The van der Waals surface area contributed by atoms with Gasteiger partial charge >= 0.3 is 0 Å². The van der Waals surface area contributed by atoms with Crippen LogP contribution in [-0.4, -0.2) is 50.4 Å². The van der Waals surface area contributed by atoms with Gasteiger partial charge in [-0.25, -0.2) is 4.98 Å². The maximum absolute atomic E-state index is 13.5. The number of anilines is 1. The average Bonchev–Trinajstić information content (AvgIpc) is 3.44. The zero-order valence-electron chi connectivity index (χ0n) is 19.9. The number of nitrogens with zero attached hydrogens (tertiary/aromatic N) is 5. The van der Waals surface area contributed by atoms with Crippen molar-refractivity contribution < 1.29 is 19.1 Å². The van der Waals surface area contributed by atoms with Crippen molar-refractivity contribution in [3.8, 4) is 0 Å². The molecule has 2 aromatic heterocycles. The van der Waals surface area contributed by atoms with Gasteiger partial charge in [0.1, 0.15) is 24.6 Å². The summed E-state index contributed by atoms with van der Waals surface area (Å²) < 4.78 is 7.04. The quantitative estimate of drug-likeness (QED) is 0.549. The van der Waals surface area contributed by atoms with Crippen LogP contribution in [0.15, 0.2) is 96.5 Å². The molecule has 0 radical (unpaired) electrons. The molecule has 4 aliphatic rings. The van der Waals surface area contributed by atoms with Crippen LogP contribution in [0.1, 0.15) is 16.8 Å². The number of rotatable bonds is 3. The van der Waals surface area contributed by atoms with E-state index in [1.807, 2.05) is 41.3 Å². The fourth-order valence-corrected chi connectivity index (χ4v) is 5.34. The number of carbonyl (C=O) groups is 3. The monoisotopic (exact) mass is 504 g/mol. The second kappa shape index (κ2) is 8.41. The van der Waals surface area contributed by atoms with E-state index in [0.29, 0.717) is 35.6 Å². The Morgan fingerprint density at radius 3 is 2.84 bits per heavy atom. The van der Waals surface area contributed by atoms with E-state index in [0.717, 1.165) is 11.3 Å². The number of carbonyl (C=O) groups excluding carboxylic acids is 3. The van der Waals surface area contributed by atoms with Gasteiger partial charge in [0.05, 0.1) is 34.4 Å². The van der Waals surface area contributed by atoms with E-state index in [1.54, 1.807) is 47.7 Å². The van der Waals surface area contributed by atoms with Gasteiger partial charge in [-0.2, -0.15) is 0 Å². The Kier molecular flexibility index (Phi) is 4.87. The Bertz CT molecular complexity index is 1690. The third kappa shape index (κ3) is 3.23. The zero-order valence-corrected chi connectivity index (χ0v) is 19.9. The van der Waals surface area contributed by atoms with Crippen LogP contribution in [0.3, 0.4) is 0 Å². The van der Waals surface area contributed by atoms with E-state index in [9.17, 15) is 14.4 Å². The summed E-state index contributed by atoms with van der Waals surface area (Å²) in [6.45, 7) is 0.390. The molecular weight excluding hydrogens is 484 g/mol. The molecule has 3 amide bonds. The van der Waals surface area contributed by atoms with Gasteiger partial charge in [-0.15, -0.1) is 0 Å². The molecule has 3 aromatic rings. The number of fused-ring (bicyclic) bond motifs is 1. The Hall–Kier alpha value is -5.25. The number of imide groups is 1. The highest BCUT2D eigenvalue weighted by Gasteiger charge is 2.41. The van der Waals surface area contributed by atoms with Crippen LogP contribution in [0.4, 0.5) is 5.69 Å². The molecule has 38 heavy (non-hydrogen) atoms. The molecule has 0 bridgehead atoms. The maximum atomic E-state index is 13.5. The smallest absolute Gasteiger partial charge is 0.261 e. The molecule has 1 N–H and O–H groups in total. The lowest BCUT2D eigenvalue weighted by Gasteiger charge is -2.26. The Balaban J connectivity index is 1.36. The molecule has 6 heterocycles. The number of imidazole rings is 1. The third-order valence-corrected chi connectivity index (χ3v) is 6.97. The number of amides is 3. The van der Waals surface area contributed by atoms with Crippen molar-refractivity contribution in [2.75, 3.05) is 11.5 Å². The minimum Gasteiger partial charge on any atom is -0.496 e. The number of aromatic nitrogens is 2. The van der Waals surface area contributed by atoms with Gasteiger partial charge in [0.15, 0.2) is 0 Å². The number of hydrogen-bond acceptors (Lipinski definition) is 7. The molecule has 186 valence electrons. The molecule has 4 aliphatic heterocycles. The van der Waals surface area contributed by atoms with Crippen LogP contribution >= 0.6 is 0 Å². The standard InChI is InChI=1S/C28H20N6O4/c35-26-22(20-16-30-21-7-1-2-10-33(20)21)23(27(36)31-26)24-18-6-3-5-17-15-19(34(25(17)18)11-8-29-24)28(37)32-9-4-13-38-14-12-32/h1-12,14,16,19H,13,15H2,(H,31,35,36). The summed E-state index contributed by atoms with van der Waals surface area (Å²) in [5.74, 6) is -1.16. The second-order valence-corrected chi connectivity index (χ2v) is 9.07. The molecule has 1 aromatic carbocycles. The molecule has 0 aliphatic carbocycles. The average molecular weight is 505 g/mol. The summed E-state index contributed by atoms with van der Waals surface area (Å²) in [6.07, 6.45) is 13.7. The van der Waals surface area contributed by atoms with Gasteiger partial charge in [0.2, 0.25) is 0 Å². The predicted molar refractivity (Wildman–Crippen MR) is 138 cm³/mol. The van der Waals surface area contributed by atoms with Crippen molar-refractivity contribution in [1.29, 1.82) is 0 Å². The fraction of sp³-hybridized carbons (Fsp3) is 0.107. The van der Waals surface area contributed by atoms with E-state index < -0.39 is 17.9 Å². The van der Waals surface area contributed by atoms with Crippen molar-refractivity contribution in [2.45, 2.75) is 12.5 Å². The minimum atomic E-state index is -0.528. The molecular formula is C28H20N6O4. The number of aliphatic imine (C=N–C) groups is 1. The predicted octanol–water partition coefficient (Wildman–Crippen LogP) is 2.29. The third-order valence-electron chi connectivity index (χ3n) is 6.97. The first-order valence-corrected chi connectivity index (χ1v) is 12.1. The topological polar surface area (TPSA) is 109 Å². The highest BCUT2D eigenvalue weighted by atomic mass is 16.5.